The fourth-order valence-corrected chi connectivity index (χ4v) is 2.85. The molecule has 4 rings (SSSR count). The Morgan fingerprint density at radius 1 is 1.07 bits per heavy atom. The maximum atomic E-state index is 13.4. The van der Waals surface area contributed by atoms with Crippen molar-refractivity contribution in [1.29, 1.82) is 0 Å². The van der Waals surface area contributed by atoms with Gasteiger partial charge in [-0.15, -0.1) is 5.10 Å². The standard InChI is InChI=1S/C20H18F2N6O.H2/c1-13-5-17(10-19(6-13)29-11-16-3-4-27(2)25-16)24-20-23-12-28(26-20)18-8-14(21)7-15(22)9-18;/h3-10,12H,11H2,1-2H3,(H,24,26);1H. The summed E-state index contributed by atoms with van der Waals surface area (Å²) >= 11 is 0. The molecule has 0 amide bonds. The molecule has 0 aliphatic carbocycles. The van der Waals surface area contributed by atoms with Gasteiger partial charge in [-0.3, -0.25) is 4.68 Å². The zero-order chi connectivity index (χ0) is 20.4. The van der Waals surface area contributed by atoms with E-state index in [-0.39, 0.29) is 13.1 Å². The monoisotopic (exact) mass is 398 g/mol. The van der Waals surface area contributed by atoms with Crippen LogP contribution in [0.1, 0.15) is 12.7 Å². The SMILES string of the molecule is Cc1cc(Nc2ncn(-c3cc(F)cc(F)c3)n2)cc(OCc2ccn(C)n2)c1.[HH]. The normalized spacial score (nSPS) is 10.9. The molecule has 7 nitrogen and oxygen atoms in total. The van der Waals surface area contributed by atoms with Gasteiger partial charge in [0.15, 0.2) is 0 Å². The van der Waals surface area contributed by atoms with Crippen LogP contribution in [-0.2, 0) is 13.7 Å². The Labute approximate surface area is 167 Å². The number of halogens is 2. The highest BCUT2D eigenvalue weighted by molar-refractivity contribution is 5.57. The van der Waals surface area contributed by atoms with Gasteiger partial charge in [0.1, 0.15) is 30.3 Å². The van der Waals surface area contributed by atoms with E-state index in [2.05, 4.69) is 20.5 Å². The largest absolute Gasteiger partial charge is 0.487 e. The Balaban J connectivity index is 0.00000256. The second-order valence-electron chi connectivity index (χ2n) is 6.57. The highest BCUT2D eigenvalue weighted by atomic mass is 19.1. The molecule has 2 aromatic heterocycles. The zero-order valence-electron chi connectivity index (χ0n) is 15.8. The number of aryl methyl sites for hydroxylation is 2. The minimum Gasteiger partial charge on any atom is -0.487 e. The summed E-state index contributed by atoms with van der Waals surface area (Å²) in [7, 11) is 1.85. The van der Waals surface area contributed by atoms with Crippen molar-refractivity contribution in [2.24, 2.45) is 7.05 Å². The van der Waals surface area contributed by atoms with Crippen LogP contribution in [0.4, 0.5) is 20.4 Å². The van der Waals surface area contributed by atoms with Crippen LogP contribution in [0.5, 0.6) is 5.75 Å². The Hall–Kier alpha value is -3.75. The van der Waals surface area contributed by atoms with E-state index in [9.17, 15) is 8.78 Å². The number of nitrogens with one attached hydrogen (secondary N) is 1. The number of ether oxygens (including phenoxy) is 1. The van der Waals surface area contributed by atoms with Gasteiger partial charge < -0.3 is 10.1 Å². The van der Waals surface area contributed by atoms with Crippen LogP contribution in [0, 0.1) is 18.6 Å². The third-order valence-corrected chi connectivity index (χ3v) is 4.07. The average Bonchev–Trinajstić information content (AvgIpc) is 3.28. The number of anilines is 2. The maximum Gasteiger partial charge on any atom is 0.246 e. The summed E-state index contributed by atoms with van der Waals surface area (Å²) in [5, 5.41) is 11.6. The van der Waals surface area contributed by atoms with Crippen molar-refractivity contribution in [2.75, 3.05) is 5.32 Å². The molecular weight excluding hydrogens is 378 g/mol. The van der Waals surface area contributed by atoms with E-state index in [4.69, 9.17) is 4.74 Å². The number of hydrogen-bond donors (Lipinski definition) is 1. The Morgan fingerprint density at radius 2 is 1.86 bits per heavy atom. The molecule has 0 atom stereocenters. The van der Waals surface area contributed by atoms with E-state index >= 15 is 0 Å². The zero-order valence-corrected chi connectivity index (χ0v) is 15.8. The number of hydrogen-bond acceptors (Lipinski definition) is 5. The highest BCUT2D eigenvalue weighted by Gasteiger charge is 2.08. The van der Waals surface area contributed by atoms with Gasteiger partial charge in [-0.1, -0.05) is 0 Å². The molecule has 0 bridgehead atoms. The van der Waals surface area contributed by atoms with E-state index in [1.807, 2.05) is 44.4 Å². The van der Waals surface area contributed by atoms with Crippen molar-refractivity contribution in [3.8, 4) is 11.4 Å². The van der Waals surface area contributed by atoms with Gasteiger partial charge in [0.05, 0.1) is 11.4 Å². The van der Waals surface area contributed by atoms with Crippen LogP contribution in [-0.4, -0.2) is 24.5 Å². The molecule has 0 radical (unpaired) electrons. The summed E-state index contributed by atoms with van der Waals surface area (Å²) in [5.74, 6) is -0.405. The van der Waals surface area contributed by atoms with Gasteiger partial charge in [-0.25, -0.2) is 13.5 Å². The molecule has 4 aromatic rings. The molecule has 0 aliphatic rings. The first-order valence-corrected chi connectivity index (χ1v) is 8.83. The fourth-order valence-electron chi connectivity index (χ4n) is 2.85. The van der Waals surface area contributed by atoms with Crippen molar-refractivity contribution < 1.29 is 14.9 Å². The lowest BCUT2D eigenvalue weighted by Gasteiger charge is -2.09. The molecular formula is C20H20F2N6O. The minimum absolute atomic E-state index is 0. The molecule has 0 unspecified atom stereocenters. The minimum atomic E-state index is -0.682. The van der Waals surface area contributed by atoms with E-state index in [1.165, 1.54) is 23.1 Å². The van der Waals surface area contributed by atoms with Crippen LogP contribution in [0.2, 0.25) is 0 Å². The van der Waals surface area contributed by atoms with Crippen molar-refractivity contribution >= 4 is 11.6 Å². The van der Waals surface area contributed by atoms with Crippen LogP contribution in [0.3, 0.4) is 0 Å². The summed E-state index contributed by atoms with van der Waals surface area (Å²) in [5.41, 5.74) is 2.78. The van der Waals surface area contributed by atoms with Crippen LogP contribution in [0.25, 0.3) is 5.69 Å². The number of benzene rings is 2. The van der Waals surface area contributed by atoms with E-state index in [1.54, 1.807) is 4.68 Å². The Morgan fingerprint density at radius 3 is 2.59 bits per heavy atom. The molecule has 0 saturated carbocycles. The van der Waals surface area contributed by atoms with Crippen LogP contribution >= 0.6 is 0 Å². The molecule has 2 aromatic carbocycles. The molecule has 29 heavy (non-hydrogen) atoms. The highest BCUT2D eigenvalue weighted by Crippen LogP contribution is 2.24. The molecule has 0 spiro atoms. The van der Waals surface area contributed by atoms with E-state index < -0.39 is 11.6 Å². The summed E-state index contributed by atoms with van der Waals surface area (Å²) in [4.78, 5) is 4.15. The fraction of sp³-hybridized carbons (Fsp3) is 0.150. The first-order valence-electron chi connectivity index (χ1n) is 8.83. The molecule has 0 aliphatic heterocycles. The lowest BCUT2D eigenvalue weighted by Crippen LogP contribution is -2.00. The van der Waals surface area contributed by atoms with Gasteiger partial charge in [0, 0.05) is 32.5 Å². The van der Waals surface area contributed by atoms with Gasteiger partial charge >= 0.3 is 0 Å². The third kappa shape index (κ3) is 4.57. The van der Waals surface area contributed by atoms with Crippen LogP contribution in [0.15, 0.2) is 55.0 Å². The first-order chi connectivity index (χ1) is 13.9. The molecule has 0 saturated heterocycles. The number of aromatic nitrogens is 5. The van der Waals surface area contributed by atoms with Crippen molar-refractivity contribution in [3.05, 3.63) is 77.9 Å². The van der Waals surface area contributed by atoms with E-state index in [0.717, 1.165) is 23.0 Å². The third-order valence-electron chi connectivity index (χ3n) is 4.07. The second kappa shape index (κ2) is 7.70. The molecule has 0 fully saturated rings. The van der Waals surface area contributed by atoms with Crippen molar-refractivity contribution in [2.45, 2.75) is 13.5 Å². The topological polar surface area (TPSA) is 69.8 Å². The van der Waals surface area contributed by atoms with Gasteiger partial charge in [0.2, 0.25) is 5.95 Å². The maximum absolute atomic E-state index is 13.4. The number of nitrogens with zero attached hydrogens (tertiary/aromatic N) is 5. The Bertz CT molecular complexity index is 1140. The summed E-state index contributed by atoms with van der Waals surface area (Å²) in [6.07, 6.45) is 3.24. The van der Waals surface area contributed by atoms with Gasteiger partial charge in [-0.05, 0) is 42.8 Å². The molecule has 2 heterocycles. The Kier molecular flexibility index (Phi) is 4.94. The molecule has 9 heteroatoms. The quantitative estimate of drug-likeness (QED) is 0.528. The van der Waals surface area contributed by atoms with Crippen molar-refractivity contribution in [1.82, 2.24) is 24.5 Å². The predicted octanol–water partition coefficient (Wildman–Crippen LogP) is 4.16. The lowest BCUT2D eigenvalue weighted by molar-refractivity contribution is 0.300. The summed E-state index contributed by atoms with van der Waals surface area (Å²) in [6, 6.07) is 10.7. The second-order valence-corrected chi connectivity index (χ2v) is 6.57. The molecule has 1 N–H and O–H groups in total. The smallest absolute Gasteiger partial charge is 0.246 e. The number of rotatable bonds is 6. The van der Waals surface area contributed by atoms with Crippen molar-refractivity contribution in [3.63, 3.8) is 0 Å². The van der Waals surface area contributed by atoms with Gasteiger partial charge in [-0.2, -0.15) is 10.1 Å². The first kappa shape index (κ1) is 18.6. The summed E-state index contributed by atoms with van der Waals surface area (Å²) < 4.78 is 35.7. The average molecular weight is 398 g/mol. The van der Waals surface area contributed by atoms with Crippen LogP contribution < -0.4 is 10.1 Å². The lowest BCUT2D eigenvalue weighted by atomic mass is 10.2. The predicted molar refractivity (Wildman–Crippen MR) is 105 cm³/mol. The molecule has 150 valence electrons. The van der Waals surface area contributed by atoms with E-state index in [0.29, 0.717) is 12.4 Å². The summed E-state index contributed by atoms with van der Waals surface area (Å²) in [6.45, 7) is 2.29. The van der Waals surface area contributed by atoms with Gasteiger partial charge in [0.25, 0.3) is 0 Å².